The highest BCUT2D eigenvalue weighted by Crippen LogP contribution is 2.23. The number of aryl methyl sites for hydroxylation is 1. The van der Waals surface area contributed by atoms with Gasteiger partial charge >= 0.3 is 0 Å². The summed E-state index contributed by atoms with van der Waals surface area (Å²) in [5, 5.41) is 2.86. The zero-order valence-electron chi connectivity index (χ0n) is 13.8. The third kappa shape index (κ3) is 5.45. The number of halogens is 1. The predicted octanol–water partition coefficient (Wildman–Crippen LogP) is 3.53. The van der Waals surface area contributed by atoms with Crippen LogP contribution in [0.1, 0.15) is 24.6 Å². The van der Waals surface area contributed by atoms with Crippen LogP contribution in [0.15, 0.2) is 47.1 Å². The average molecular weight is 390 g/mol. The Hall–Kier alpha value is -2.21. The molecule has 0 bridgehead atoms. The monoisotopic (exact) mass is 389 g/mol. The highest BCUT2D eigenvalue weighted by Gasteiger charge is 2.13. The van der Waals surface area contributed by atoms with Crippen LogP contribution < -0.4 is 5.32 Å². The molecule has 2 aromatic rings. The molecule has 126 valence electrons. The molecule has 1 aromatic carbocycles. The fourth-order valence-electron chi connectivity index (χ4n) is 2.21. The number of carbonyl (C=O) groups excluding carboxylic acids is 2. The van der Waals surface area contributed by atoms with Crippen LogP contribution in [0.2, 0.25) is 0 Å². The molecular weight excluding hydrogens is 370 g/mol. The number of amides is 2. The molecule has 0 fully saturated rings. The first-order chi connectivity index (χ1) is 11.5. The van der Waals surface area contributed by atoms with Gasteiger partial charge in [0.1, 0.15) is 0 Å². The topological polar surface area (TPSA) is 62.3 Å². The van der Waals surface area contributed by atoms with Gasteiger partial charge in [0.05, 0.1) is 17.9 Å². The van der Waals surface area contributed by atoms with Crippen LogP contribution in [-0.4, -0.2) is 28.2 Å². The van der Waals surface area contributed by atoms with Gasteiger partial charge in [0.2, 0.25) is 11.8 Å². The standard InChI is InChI=1S/C18H20BrN3O2/c1-13-6-7-17(16(19)11-13)21-18(24)8-10-22(14(2)23)12-15-5-3-4-9-20-15/h3-7,9,11H,8,10,12H2,1-2H3,(H,21,24). The van der Waals surface area contributed by atoms with Crippen LogP contribution in [0.5, 0.6) is 0 Å². The van der Waals surface area contributed by atoms with E-state index in [4.69, 9.17) is 0 Å². The van der Waals surface area contributed by atoms with Crippen molar-refractivity contribution in [3.8, 4) is 0 Å². The van der Waals surface area contributed by atoms with Crippen molar-refractivity contribution in [2.75, 3.05) is 11.9 Å². The molecule has 0 aliphatic rings. The van der Waals surface area contributed by atoms with Gasteiger partial charge in [-0.2, -0.15) is 0 Å². The maximum atomic E-state index is 12.1. The molecule has 1 heterocycles. The van der Waals surface area contributed by atoms with Crippen LogP contribution in [0.3, 0.4) is 0 Å². The molecule has 0 atom stereocenters. The van der Waals surface area contributed by atoms with E-state index in [1.807, 2.05) is 43.3 Å². The summed E-state index contributed by atoms with van der Waals surface area (Å²) >= 11 is 3.44. The first kappa shape index (κ1) is 18.1. The number of pyridine rings is 1. The van der Waals surface area contributed by atoms with E-state index in [1.165, 1.54) is 6.92 Å². The van der Waals surface area contributed by atoms with Crippen LogP contribution in [-0.2, 0) is 16.1 Å². The lowest BCUT2D eigenvalue weighted by atomic mass is 10.2. The largest absolute Gasteiger partial charge is 0.337 e. The van der Waals surface area contributed by atoms with Crippen molar-refractivity contribution >= 4 is 33.4 Å². The summed E-state index contributed by atoms with van der Waals surface area (Å²) < 4.78 is 0.841. The number of carbonyl (C=O) groups is 2. The van der Waals surface area contributed by atoms with Crippen molar-refractivity contribution in [1.82, 2.24) is 9.88 Å². The smallest absolute Gasteiger partial charge is 0.226 e. The number of hydrogen-bond acceptors (Lipinski definition) is 3. The number of anilines is 1. The quantitative estimate of drug-likeness (QED) is 0.821. The molecule has 0 aliphatic carbocycles. The van der Waals surface area contributed by atoms with E-state index in [-0.39, 0.29) is 18.2 Å². The minimum absolute atomic E-state index is 0.0787. The van der Waals surface area contributed by atoms with E-state index in [1.54, 1.807) is 11.1 Å². The summed E-state index contributed by atoms with van der Waals surface area (Å²) in [5.74, 6) is -0.211. The number of nitrogens with one attached hydrogen (secondary N) is 1. The highest BCUT2D eigenvalue weighted by atomic mass is 79.9. The van der Waals surface area contributed by atoms with Crippen LogP contribution >= 0.6 is 15.9 Å². The normalized spacial score (nSPS) is 10.3. The average Bonchev–Trinajstić information content (AvgIpc) is 2.55. The zero-order valence-corrected chi connectivity index (χ0v) is 15.3. The minimum atomic E-state index is -0.133. The Morgan fingerprint density at radius 1 is 1.25 bits per heavy atom. The number of benzene rings is 1. The maximum absolute atomic E-state index is 12.1. The first-order valence-electron chi connectivity index (χ1n) is 7.67. The molecule has 5 nitrogen and oxygen atoms in total. The van der Waals surface area contributed by atoms with E-state index < -0.39 is 0 Å². The van der Waals surface area contributed by atoms with Gasteiger partial charge in [-0.1, -0.05) is 12.1 Å². The third-order valence-corrected chi connectivity index (χ3v) is 4.19. The number of hydrogen-bond donors (Lipinski definition) is 1. The zero-order chi connectivity index (χ0) is 17.5. The Bertz CT molecular complexity index is 719. The van der Waals surface area contributed by atoms with Crippen LogP contribution in [0.4, 0.5) is 5.69 Å². The molecular formula is C18H20BrN3O2. The molecule has 2 amide bonds. The van der Waals surface area contributed by atoms with Gasteiger partial charge in [-0.15, -0.1) is 0 Å². The summed E-state index contributed by atoms with van der Waals surface area (Å²) in [6.07, 6.45) is 1.92. The van der Waals surface area contributed by atoms with Crippen molar-refractivity contribution in [3.63, 3.8) is 0 Å². The molecule has 2 rings (SSSR count). The second kappa shape index (κ2) is 8.59. The molecule has 0 saturated carbocycles. The Morgan fingerprint density at radius 3 is 2.67 bits per heavy atom. The van der Waals surface area contributed by atoms with Gasteiger partial charge in [0.25, 0.3) is 0 Å². The molecule has 0 radical (unpaired) electrons. The summed E-state index contributed by atoms with van der Waals surface area (Å²) in [7, 11) is 0. The van der Waals surface area contributed by atoms with Crippen molar-refractivity contribution in [2.45, 2.75) is 26.8 Å². The maximum Gasteiger partial charge on any atom is 0.226 e. The highest BCUT2D eigenvalue weighted by molar-refractivity contribution is 9.10. The van der Waals surface area contributed by atoms with Crippen molar-refractivity contribution < 1.29 is 9.59 Å². The molecule has 24 heavy (non-hydrogen) atoms. The lowest BCUT2D eigenvalue weighted by Crippen LogP contribution is -2.31. The Balaban J connectivity index is 1.91. The SMILES string of the molecule is CC(=O)N(CCC(=O)Nc1ccc(C)cc1Br)Cc1ccccn1. The lowest BCUT2D eigenvalue weighted by molar-refractivity contribution is -0.130. The fraction of sp³-hybridized carbons (Fsp3) is 0.278. The van der Waals surface area contributed by atoms with Crippen molar-refractivity contribution in [1.29, 1.82) is 0 Å². The van der Waals surface area contributed by atoms with E-state index in [0.29, 0.717) is 13.1 Å². The van der Waals surface area contributed by atoms with Crippen molar-refractivity contribution in [2.24, 2.45) is 0 Å². The summed E-state index contributed by atoms with van der Waals surface area (Å²) in [5.41, 5.74) is 2.64. The van der Waals surface area contributed by atoms with E-state index in [0.717, 1.165) is 21.4 Å². The van der Waals surface area contributed by atoms with Gasteiger partial charge in [0, 0.05) is 30.6 Å². The molecule has 0 aliphatic heterocycles. The molecule has 6 heteroatoms. The third-order valence-electron chi connectivity index (χ3n) is 3.53. The molecule has 0 unspecified atom stereocenters. The summed E-state index contributed by atoms with van der Waals surface area (Å²) in [6, 6.07) is 11.3. The van der Waals surface area contributed by atoms with E-state index in [9.17, 15) is 9.59 Å². The number of aromatic nitrogens is 1. The minimum Gasteiger partial charge on any atom is -0.337 e. The number of rotatable bonds is 6. The van der Waals surface area contributed by atoms with E-state index in [2.05, 4.69) is 26.2 Å². The Labute approximate surface area is 150 Å². The number of nitrogens with zero attached hydrogens (tertiary/aromatic N) is 2. The fourth-order valence-corrected chi connectivity index (χ4v) is 2.80. The molecule has 0 spiro atoms. The predicted molar refractivity (Wildman–Crippen MR) is 97.5 cm³/mol. The first-order valence-corrected chi connectivity index (χ1v) is 8.46. The Morgan fingerprint density at radius 2 is 2.04 bits per heavy atom. The van der Waals surface area contributed by atoms with Gasteiger partial charge in [-0.3, -0.25) is 14.6 Å². The van der Waals surface area contributed by atoms with Crippen LogP contribution in [0.25, 0.3) is 0 Å². The lowest BCUT2D eigenvalue weighted by Gasteiger charge is -2.20. The second-order valence-corrected chi connectivity index (χ2v) is 6.40. The summed E-state index contributed by atoms with van der Waals surface area (Å²) in [6.45, 7) is 4.23. The Kier molecular flexibility index (Phi) is 6.49. The summed E-state index contributed by atoms with van der Waals surface area (Å²) in [4.78, 5) is 29.7. The van der Waals surface area contributed by atoms with E-state index >= 15 is 0 Å². The van der Waals surface area contributed by atoms with Crippen molar-refractivity contribution in [3.05, 3.63) is 58.3 Å². The second-order valence-electron chi connectivity index (χ2n) is 5.54. The molecule has 1 aromatic heterocycles. The molecule has 1 N–H and O–H groups in total. The van der Waals surface area contributed by atoms with Gasteiger partial charge < -0.3 is 10.2 Å². The van der Waals surface area contributed by atoms with Crippen LogP contribution in [0, 0.1) is 6.92 Å². The molecule has 0 saturated heterocycles. The van der Waals surface area contributed by atoms with Gasteiger partial charge in [0.15, 0.2) is 0 Å². The van der Waals surface area contributed by atoms with Gasteiger partial charge in [-0.05, 0) is 52.7 Å². The van der Waals surface area contributed by atoms with Gasteiger partial charge in [-0.25, -0.2) is 0 Å².